The maximum Gasteiger partial charge on any atom is 0.284 e. The minimum absolute atomic E-state index is 0.0228. The van der Waals surface area contributed by atoms with E-state index in [0.29, 0.717) is 11.5 Å². The first kappa shape index (κ1) is 18.3. The molecule has 1 amide bonds. The van der Waals surface area contributed by atoms with Gasteiger partial charge in [0, 0.05) is 32.9 Å². The third-order valence-electron chi connectivity index (χ3n) is 4.55. The molecule has 1 fully saturated rings. The maximum absolute atomic E-state index is 13.1. The molecule has 1 saturated heterocycles. The van der Waals surface area contributed by atoms with E-state index in [0.717, 1.165) is 32.6 Å². The zero-order chi connectivity index (χ0) is 19.7. The van der Waals surface area contributed by atoms with Crippen molar-refractivity contribution in [2.45, 2.75) is 12.8 Å². The topological polar surface area (TPSA) is 92.4 Å². The van der Waals surface area contributed by atoms with Crippen LogP contribution in [-0.4, -0.2) is 56.5 Å². The highest BCUT2D eigenvalue weighted by Gasteiger charge is 2.22. The molecule has 2 N–H and O–H groups in total. The predicted octanol–water partition coefficient (Wildman–Crippen LogP) is 1.45. The monoisotopic (exact) mass is 390 g/mol. The largest absolute Gasteiger partial charge is 0.338 e. The number of halogens is 2. The van der Waals surface area contributed by atoms with Crippen molar-refractivity contribution in [1.82, 2.24) is 29.7 Å². The van der Waals surface area contributed by atoms with Crippen LogP contribution < -0.4 is 15.5 Å². The summed E-state index contributed by atoms with van der Waals surface area (Å²) < 4.78 is 28.9. The number of aryl methyl sites for hydroxylation is 1. The van der Waals surface area contributed by atoms with Gasteiger partial charge in [0.1, 0.15) is 5.69 Å². The number of carbonyl (C=O) groups excluding carboxylic acids is 1. The molecule has 4 heterocycles. The summed E-state index contributed by atoms with van der Waals surface area (Å²) in [6, 6.07) is 3.30. The van der Waals surface area contributed by atoms with Gasteiger partial charge in [0.05, 0.1) is 17.4 Å². The Morgan fingerprint density at radius 3 is 2.93 bits per heavy atom. The second-order valence-corrected chi connectivity index (χ2v) is 6.56. The Labute approximate surface area is 159 Å². The van der Waals surface area contributed by atoms with Crippen LogP contribution in [0.4, 0.5) is 20.4 Å². The molecule has 1 aliphatic rings. The highest BCUT2D eigenvalue weighted by atomic mass is 19.3. The van der Waals surface area contributed by atoms with Crippen molar-refractivity contribution < 1.29 is 13.6 Å². The zero-order valence-electron chi connectivity index (χ0n) is 15.3. The molecule has 0 saturated carbocycles. The van der Waals surface area contributed by atoms with Crippen molar-refractivity contribution in [3.05, 3.63) is 35.9 Å². The Hall–Kier alpha value is -3.08. The smallest absolute Gasteiger partial charge is 0.284 e. The van der Waals surface area contributed by atoms with Crippen LogP contribution >= 0.6 is 0 Å². The van der Waals surface area contributed by atoms with Gasteiger partial charge in [-0.25, -0.2) is 18.3 Å². The zero-order valence-corrected chi connectivity index (χ0v) is 15.3. The molecule has 3 aromatic rings. The van der Waals surface area contributed by atoms with E-state index in [1.54, 1.807) is 18.3 Å². The molecule has 9 nitrogen and oxygen atoms in total. The average molecular weight is 390 g/mol. The van der Waals surface area contributed by atoms with Gasteiger partial charge in [0.2, 0.25) is 5.95 Å². The fraction of sp³-hybridized carbons (Fsp3) is 0.412. The van der Waals surface area contributed by atoms with Crippen molar-refractivity contribution in [3.8, 4) is 0 Å². The van der Waals surface area contributed by atoms with E-state index in [9.17, 15) is 13.6 Å². The number of hydrogen-bond donors (Lipinski definition) is 2. The van der Waals surface area contributed by atoms with Crippen LogP contribution in [0, 0.1) is 0 Å². The van der Waals surface area contributed by atoms with Gasteiger partial charge in [-0.15, -0.1) is 5.10 Å². The van der Waals surface area contributed by atoms with Gasteiger partial charge in [0.25, 0.3) is 12.3 Å². The lowest BCUT2D eigenvalue weighted by Gasteiger charge is -2.19. The summed E-state index contributed by atoms with van der Waals surface area (Å²) in [6.07, 6.45) is 1.18. The number of fused-ring (bicyclic) bond motifs is 1. The number of nitrogens with zero attached hydrogens (tertiary/aromatic N) is 6. The normalized spacial score (nSPS) is 15.2. The number of aromatic nitrogens is 5. The molecule has 0 aliphatic carbocycles. The number of nitrogens with one attached hydrogen (secondary N) is 2. The summed E-state index contributed by atoms with van der Waals surface area (Å²) >= 11 is 0. The van der Waals surface area contributed by atoms with Crippen LogP contribution in [0.1, 0.15) is 29.0 Å². The van der Waals surface area contributed by atoms with Gasteiger partial charge in [0.15, 0.2) is 5.69 Å². The number of rotatable bonds is 4. The first-order chi connectivity index (χ1) is 13.5. The van der Waals surface area contributed by atoms with E-state index in [1.807, 2.05) is 0 Å². The van der Waals surface area contributed by atoms with Crippen molar-refractivity contribution in [1.29, 1.82) is 0 Å². The van der Waals surface area contributed by atoms with E-state index in [2.05, 4.69) is 30.7 Å². The summed E-state index contributed by atoms with van der Waals surface area (Å²) in [5, 5.41) is 14.0. The fourth-order valence-corrected chi connectivity index (χ4v) is 3.21. The quantitative estimate of drug-likeness (QED) is 0.701. The SMILES string of the molecule is Cn1cc(NC(=O)c2ccc3cnc(N4CCCNCC4)nn23)c(C(F)F)n1. The maximum atomic E-state index is 13.1. The molecule has 0 atom stereocenters. The number of amides is 1. The lowest BCUT2D eigenvalue weighted by molar-refractivity contribution is 0.101. The first-order valence-electron chi connectivity index (χ1n) is 8.96. The fourth-order valence-electron chi connectivity index (χ4n) is 3.21. The Bertz CT molecular complexity index is 990. The Morgan fingerprint density at radius 2 is 2.11 bits per heavy atom. The third kappa shape index (κ3) is 3.52. The molecule has 0 spiro atoms. The first-order valence-corrected chi connectivity index (χ1v) is 8.96. The summed E-state index contributed by atoms with van der Waals surface area (Å²) in [6.45, 7) is 3.35. The highest BCUT2D eigenvalue weighted by Crippen LogP contribution is 2.25. The Kier molecular flexibility index (Phi) is 4.90. The molecule has 3 aromatic heterocycles. The minimum Gasteiger partial charge on any atom is -0.338 e. The van der Waals surface area contributed by atoms with Gasteiger partial charge in [-0.05, 0) is 25.1 Å². The second kappa shape index (κ2) is 7.50. The van der Waals surface area contributed by atoms with E-state index in [4.69, 9.17) is 0 Å². The number of carbonyl (C=O) groups is 1. The summed E-state index contributed by atoms with van der Waals surface area (Å²) in [5.74, 6) is -0.0202. The standard InChI is InChI=1S/C17H20F2N8O/c1-25-10-12(14(23-25)15(18)19)22-16(28)13-4-3-11-9-21-17(24-27(11)13)26-7-2-5-20-6-8-26/h3-4,9-10,15,20H,2,5-8H2,1H3,(H,22,28). The van der Waals surface area contributed by atoms with Gasteiger partial charge in [-0.3, -0.25) is 9.48 Å². The van der Waals surface area contributed by atoms with Crippen molar-refractivity contribution in [2.75, 3.05) is 36.4 Å². The number of alkyl halides is 2. The van der Waals surface area contributed by atoms with Gasteiger partial charge < -0.3 is 15.5 Å². The Balaban J connectivity index is 1.63. The summed E-state index contributed by atoms with van der Waals surface area (Å²) in [7, 11) is 1.52. The summed E-state index contributed by atoms with van der Waals surface area (Å²) in [5.41, 5.74) is 0.382. The molecule has 1 aliphatic heterocycles. The van der Waals surface area contributed by atoms with Crippen LogP contribution in [-0.2, 0) is 7.05 Å². The molecular formula is C17H20F2N8O. The van der Waals surface area contributed by atoms with Crippen LogP contribution in [0.5, 0.6) is 0 Å². The minimum atomic E-state index is -2.79. The lowest BCUT2D eigenvalue weighted by Crippen LogP contribution is -2.30. The molecule has 0 aromatic carbocycles. The van der Waals surface area contributed by atoms with E-state index < -0.39 is 18.0 Å². The van der Waals surface area contributed by atoms with Crippen molar-refractivity contribution in [2.24, 2.45) is 7.05 Å². The van der Waals surface area contributed by atoms with Crippen LogP contribution in [0.3, 0.4) is 0 Å². The van der Waals surface area contributed by atoms with E-state index in [1.165, 1.54) is 22.4 Å². The van der Waals surface area contributed by atoms with Crippen LogP contribution in [0.25, 0.3) is 5.52 Å². The van der Waals surface area contributed by atoms with Crippen LogP contribution in [0.15, 0.2) is 24.5 Å². The number of anilines is 2. The molecule has 0 bridgehead atoms. The molecular weight excluding hydrogens is 370 g/mol. The van der Waals surface area contributed by atoms with Crippen molar-refractivity contribution >= 4 is 23.1 Å². The average Bonchev–Trinajstić information content (AvgIpc) is 3.14. The molecule has 11 heteroatoms. The lowest BCUT2D eigenvalue weighted by atomic mass is 10.3. The van der Waals surface area contributed by atoms with Crippen LogP contribution in [0.2, 0.25) is 0 Å². The van der Waals surface area contributed by atoms with Gasteiger partial charge >= 0.3 is 0 Å². The molecule has 28 heavy (non-hydrogen) atoms. The van der Waals surface area contributed by atoms with Crippen molar-refractivity contribution in [3.63, 3.8) is 0 Å². The number of hydrogen-bond acceptors (Lipinski definition) is 6. The van der Waals surface area contributed by atoms with E-state index in [-0.39, 0.29) is 11.4 Å². The predicted molar refractivity (Wildman–Crippen MR) is 98.8 cm³/mol. The van der Waals surface area contributed by atoms with E-state index >= 15 is 0 Å². The third-order valence-corrected chi connectivity index (χ3v) is 4.55. The Morgan fingerprint density at radius 1 is 1.25 bits per heavy atom. The molecule has 0 unspecified atom stereocenters. The second-order valence-electron chi connectivity index (χ2n) is 6.56. The highest BCUT2D eigenvalue weighted by molar-refractivity contribution is 6.04. The molecule has 0 radical (unpaired) electrons. The van der Waals surface area contributed by atoms with Gasteiger partial charge in [-0.2, -0.15) is 5.10 Å². The molecule has 148 valence electrons. The summed E-state index contributed by atoms with van der Waals surface area (Å²) in [4.78, 5) is 19.2. The molecule has 4 rings (SSSR count). The van der Waals surface area contributed by atoms with Gasteiger partial charge in [-0.1, -0.05) is 0 Å².